The molecular formula is C98H159NO2S3Si. The van der Waals surface area contributed by atoms with Crippen LogP contribution in [0, 0.1) is 13.8 Å². The van der Waals surface area contributed by atoms with Gasteiger partial charge in [0.25, 0.3) is 11.8 Å². The van der Waals surface area contributed by atoms with E-state index in [1.807, 2.05) is 22.7 Å². The summed E-state index contributed by atoms with van der Waals surface area (Å²) >= 11 is 5.93. The molecule has 0 radical (unpaired) electrons. The lowest BCUT2D eigenvalue weighted by Crippen LogP contribution is -2.55. The summed E-state index contributed by atoms with van der Waals surface area (Å²) in [5, 5.41) is 3.48. The van der Waals surface area contributed by atoms with Crippen LogP contribution in [0.1, 0.15) is 461 Å². The molecule has 0 saturated carbocycles. The number of aryl methyl sites for hydroxylation is 2. The van der Waals surface area contributed by atoms with Crippen LogP contribution in [0.5, 0.6) is 0 Å². The number of fused-ring (bicyclic) bond motifs is 4. The minimum Gasteiger partial charge on any atom is -0.274 e. The number of carbonyl (C=O) groups is 2. The van der Waals surface area contributed by atoms with Gasteiger partial charge in [-0.05, 0) is 133 Å². The number of hydrogen-bond donors (Lipinski definition) is 0. The number of benzene rings is 2. The maximum absolute atomic E-state index is 16.1. The molecule has 0 atom stereocenters. The molecule has 2 aromatic carbocycles. The van der Waals surface area contributed by atoms with Gasteiger partial charge in [0, 0.05) is 26.1 Å². The molecule has 2 amide bonds. The van der Waals surface area contributed by atoms with Crippen molar-refractivity contribution >= 4 is 64.3 Å². The number of unbranched alkanes of at least 4 members (excludes halogenated alkanes) is 49. The summed E-state index contributed by atoms with van der Waals surface area (Å²) in [7, 11) is -2.24. The molecule has 0 saturated heterocycles. The summed E-state index contributed by atoms with van der Waals surface area (Å²) in [6.07, 6.45) is 77.5. The molecule has 0 spiro atoms. The van der Waals surface area contributed by atoms with Gasteiger partial charge in [-0.3, -0.25) is 14.5 Å². The van der Waals surface area contributed by atoms with Crippen molar-refractivity contribution in [1.82, 2.24) is 4.90 Å². The number of hydrogen-bond acceptors (Lipinski definition) is 5. The summed E-state index contributed by atoms with van der Waals surface area (Å²) in [6, 6.07) is 18.4. The SMILES string of the molecule is CCCCCCCCCCc1c(C)sc(-c2sc(-c3sc(-c4ccc5c(c4)[Si](CCCCCCCCCC)(CCCCCCCCCC)c4cc(C)ccc4-5)c(CCCCCCCCCC)c3CCCCCCCCCC)c3c2C(=O)N(CCCCCCCCCC)C3=O)c1CCCCCCCCCC. The van der Waals surface area contributed by atoms with E-state index in [4.69, 9.17) is 0 Å². The highest BCUT2D eigenvalue weighted by Gasteiger charge is 2.46. The van der Waals surface area contributed by atoms with Crippen LogP contribution in [0.2, 0.25) is 12.1 Å². The molecule has 3 nitrogen and oxygen atoms in total. The van der Waals surface area contributed by atoms with Crippen LogP contribution >= 0.6 is 34.0 Å². The molecule has 5 heterocycles. The van der Waals surface area contributed by atoms with E-state index in [1.165, 1.54) is 406 Å². The second kappa shape index (κ2) is 53.0. The van der Waals surface area contributed by atoms with E-state index in [0.717, 1.165) is 59.4 Å². The Labute approximate surface area is 661 Å². The Bertz CT molecular complexity index is 3150. The third-order valence-electron chi connectivity index (χ3n) is 24.7. The van der Waals surface area contributed by atoms with Gasteiger partial charge in [-0.15, -0.1) is 34.0 Å². The number of amides is 2. The largest absolute Gasteiger partial charge is 0.274 e. The standard InChI is InChI=1S/C98H159NO2S3Si/c1-10-17-24-31-38-45-52-59-66-82-80(9)102-93(85(82)67-60-53-46-39-32-25-18-11-2)95-90-91(98(101)99(97(90)100)74-63-56-49-42-35-28-21-14-5)96(104-95)94-87(69-62-55-48-41-34-27-20-13-4)86(68-61-54-47-40-33-26-19-12-3)92(103-94)81-71-73-84-83-72-70-79(8)77-88(83)105(89(84)78-81,75-64-57-50-43-36-29-22-15-6)76-65-58-51-44-37-30-23-16-7/h70-73,77-78H,10-69,74-76H2,1-9H3. The smallest absolute Gasteiger partial charge is 0.263 e. The fourth-order valence-electron chi connectivity index (χ4n) is 18.3. The van der Waals surface area contributed by atoms with Crippen LogP contribution in [0.3, 0.4) is 0 Å². The topological polar surface area (TPSA) is 37.4 Å². The van der Waals surface area contributed by atoms with Crippen LogP contribution < -0.4 is 10.4 Å². The van der Waals surface area contributed by atoms with Gasteiger partial charge in [0.1, 0.15) is 8.07 Å². The minimum absolute atomic E-state index is 0.00611. The first-order valence-electron chi connectivity index (χ1n) is 46.2. The molecule has 3 aromatic heterocycles. The van der Waals surface area contributed by atoms with Crippen LogP contribution in [-0.4, -0.2) is 31.3 Å². The number of imide groups is 1. The molecule has 0 fully saturated rings. The van der Waals surface area contributed by atoms with Crippen molar-refractivity contribution in [2.45, 2.75) is 460 Å². The normalized spacial score (nSPS) is 13.2. The van der Waals surface area contributed by atoms with Crippen molar-refractivity contribution in [1.29, 1.82) is 0 Å². The summed E-state index contributed by atoms with van der Waals surface area (Å²) in [6.45, 7) is 21.6. The van der Waals surface area contributed by atoms with Gasteiger partial charge in [-0.25, -0.2) is 0 Å². The van der Waals surface area contributed by atoms with Crippen molar-refractivity contribution < 1.29 is 9.59 Å². The molecule has 0 aliphatic carbocycles. The van der Waals surface area contributed by atoms with E-state index in [0.29, 0.717) is 6.54 Å². The Morgan fingerprint density at radius 3 is 0.952 bits per heavy atom. The van der Waals surface area contributed by atoms with E-state index in [1.54, 1.807) is 32.0 Å². The van der Waals surface area contributed by atoms with Gasteiger partial charge in [0.15, 0.2) is 0 Å². The lowest BCUT2D eigenvalue weighted by atomic mass is 9.93. The Morgan fingerprint density at radius 2 is 0.571 bits per heavy atom. The molecule has 0 unspecified atom stereocenters. The third-order valence-corrected chi connectivity index (χ3v) is 34.1. The number of nitrogens with zero attached hydrogens (tertiary/aromatic N) is 1. The summed E-state index contributed by atoms with van der Waals surface area (Å²) in [5.74, 6) is -0.0131. The van der Waals surface area contributed by atoms with Crippen molar-refractivity contribution in [3.05, 3.63) is 80.2 Å². The number of carbonyl (C=O) groups excluding carboxylic acids is 2. The Hall–Kier alpha value is -3.10. The highest BCUT2D eigenvalue weighted by atomic mass is 32.1. The molecule has 2 aliphatic heterocycles. The predicted octanol–water partition coefficient (Wildman–Crippen LogP) is 32.8. The minimum atomic E-state index is -2.24. The molecular weight excluding hydrogens is 1350 g/mol. The van der Waals surface area contributed by atoms with Crippen molar-refractivity contribution in [2.24, 2.45) is 0 Å². The van der Waals surface area contributed by atoms with Gasteiger partial charge in [0.2, 0.25) is 0 Å². The maximum atomic E-state index is 16.1. The second-order valence-electron chi connectivity index (χ2n) is 33.6. The van der Waals surface area contributed by atoms with Gasteiger partial charge in [0.05, 0.1) is 20.9 Å². The average molecular weight is 1510 g/mol. The fraction of sp³-hybridized carbons (Fsp3) is 0.735. The Morgan fingerprint density at radius 1 is 0.286 bits per heavy atom. The van der Waals surface area contributed by atoms with Gasteiger partial charge in [-0.1, -0.05) is 418 Å². The third kappa shape index (κ3) is 28.3. The van der Waals surface area contributed by atoms with Crippen LogP contribution in [0.4, 0.5) is 0 Å². The molecule has 7 heteroatoms. The van der Waals surface area contributed by atoms with Crippen molar-refractivity contribution in [3.63, 3.8) is 0 Å². The first-order valence-corrected chi connectivity index (χ1v) is 51.1. The molecule has 0 bridgehead atoms. The summed E-state index contributed by atoms with van der Waals surface area (Å²) < 4.78 is 0. The van der Waals surface area contributed by atoms with E-state index in [-0.39, 0.29) is 11.8 Å². The quantitative estimate of drug-likeness (QED) is 0.0221. The lowest BCUT2D eigenvalue weighted by Gasteiger charge is -2.31. The second-order valence-corrected chi connectivity index (χ2v) is 41.2. The summed E-state index contributed by atoms with van der Waals surface area (Å²) in [5.41, 5.74) is 13.7. The highest BCUT2D eigenvalue weighted by Crippen LogP contribution is 2.55. The van der Waals surface area contributed by atoms with Crippen LogP contribution in [0.25, 0.3) is 41.1 Å². The van der Waals surface area contributed by atoms with E-state index in [9.17, 15) is 0 Å². The van der Waals surface area contributed by atoms with E-state index in [2.05, 4.69) is 110 Å². The van der Waals surface area contributed by atoms with Gasteiger partial charge >= 0.3 is 0 Å². The first kappa shape index (κ1) is 89.1. The zero-order valence-corrected chi connectivity index (χ0v) is 73.4. The van der Waals surface area contributed by atoms with Crippen LogP contribution in [-0.2, 0) is 25.7 Å². The highest BCUT2D eigenvalue weighted by molar-refractivity contribution is 7.28. The molecule has 7 rings (SSSR count). The first-order chi connectivity index (χ1) is 51.6. The fourth-order valence-corrected chi connectivity index (χ4v) is 28.2. The zero-order valence-electron chi connectivity index (χ0n) is 70.0. The predicted molar refractivity (Wildman–Crippen MR) is 474 cm³/mol. The lowest BCUT2D eigenvalue weighted by molar-refractivity contribution is 0.0651. The van der Waals surface area contributed by atoms with E-state index < -0.39 is 8.07 Å². The van der Waals surface area contributed by atoms with E-state index >= 15 is 9.59 Å². The monoisotopic (exact) mass is 1510 g/mol. The molecule has 590 valence electrons. The Kier molecular flexibility index (Phi) is 44.9. The maximum Gasteiger partial charge on any atom is 0.263 e. The van der Waals surface area contributed by atoms with Crippen LogP contribution in [0.15, 0.2) is 36.4 Å². The average Bonchev–Trinajstić information content (AvgIpc) is 1.56. The number of thiophene rings is 3. The number of rotatable bonds is 66. The Balaban J connectivity index is 1.41. The summed E-state index contributed by atoms with van der Waals surface area (Å²) in [4.78, 5) is 41.7. The van der Waals surface area contributed by atoms with Gasteiger partial charge in [-0.2, -0.15) is 0 Å². The zero-order chi connectivity index (χ0) is 74.5. The van der Waals surface area contributed by atoms with Crippen molar-refractivity contribution in [3.8, 4) is 41.1 Å². The molecule has 2 aliphatic rings. The van der Waals surface area contributed by atoms with Gasteiger partial charge < -0.3 is 0 Å². The molecule has 0 N–H and O–H groups in total. The van der Waals surface area contributed by atoms with Crippen molar-refractivity contribution in [2.75, 3.05) is 6.54 Å². The molecule has 5 aromatic rings. The molecule has 105 heavy (non-hydrogen) atoms.